The zero-order chi connectivity index (χ0) is 17.1. The normalized spacial score (nSPS) is 19.8. The number of hydrogen-bond donors (Lipinski definition) is 3. The van der Waals surface area contributed by atoms with E-state index in [1.165, 1.54) is 6.07 Å². The molecule has 3 rings (SSSR count). The number of aliphatic hydroxyl groups is 1. The summed E-state index contributed by atoms with van der Waals surface area (Å²) in [6, 6.07) is 3.16. The summed E-state index contributed by atoms with van der Waals surface area (Å²) in [7, 11) is 1.84. The molecule has 1 saturated carbocycles. The highest BCUT2D eigenvalue weighted by molar-refractivity contribution is 5.76. The van der Waals surface area contributed by atoms with Crippen molar-refractivity contribution in [2.45, 2.75) is 44.2 Å². The van der Waals surface area contributed by atoms with Crippen molar-refractivity contribution in [2.75, 3.05) is 0 Å². The molecule has 9 heteroatoms. The molecule has 1 aliphatic carbocycles. The highest BCUT2D eigenvalue weighted by atomic mass is 16.3. The van der Waals surface area contributed by atoms with Gasteiger partial charge < -0.3 is 15.0 Å². The maximum Gasteiger partial charge on any atom is 0.264 e. The minimum absolute atomic E-state index is 0.0273. The Kier molecular flexibility index (Phi) is 4.70. The van der Waals surface area contributed by atoms with Crippen molar-refractivity contribution in [3.05, 3.63) is 39.8 Å². The van der Waals surface area contributed by atoms with Gasteiger partial charge in [-0.25, -0.2) is 5.10 Å². The molecule has 0 aromatic carbocycles. The van der Waals surface area contributed by atoms with E-state index >= 15 is 0 Å². The molecule has 128 valence electrons. The van der Waals surface area contributed by atoms with E-state index in [2.05, 4.69) is 25.7 Å². The predicted octanol–water partition coefficient (Wildman–Crippen LogP) is -0.614. The fourth-order valence-electron chi connectivity index (χ4n) is 2.87. The molecule has 9 nitrogen and oxygen atoms in total. The molecule has 1 fully saturated rings. The number of aryl methyl sites for hydroxylation is 1. The van der Waals surface area contributed by atoms with Gasteiger partial charge in [0.25, 0.3) is 5.56 Å². The molecule has 0 atom stereocenters. The van der Waals surface area contributed by atoms with Crippen LogP contribution in [-0.4, -0.2) is 42.0 Å². The first kappa shape index (κ1) is 16.3. The second-order valence-corrected chi connectivity index (χ2v) is 6.04. The fourth-order valence-corrected chi connectivity index (χ4v) is 2.87. The van der Waals surface area contributed by atoms with Crippen LogP contribution in [0.25, 0.3) is 0 Å². The zero-order valence-corrected chi connectivity index (χ0v) is 13.4. The van der Waals surface area contributed by atoms with Crippen molar-refractivity contribution in [1.29, 1.82) is 0 Å². The fraction of sp³-hybridized carbons (Fsp3) is 0.533. The molecule has 0 spiro atoms. The first-order valence-corrected chi connectivity index (χ1v) is 7.90. The van der Waals surface area contributed by atoms with Gasteiger partial charge in [-0.05, 0) is 18.9 Å². The number of hydrogen-bond acceptors (Lipinski definition) is 6. The summed E-state index contributed by atoms with van der Waals surface area (Å²) in [6.07, 6.45) is 2.46. The van der Waals surface area contributed by atoms with Gasteiger partial charge in [0.1, 0.15) is 12.4 Å². The van der Waals surface area contributed by atoms with Crippen LogP contribution in [0.3, 0.4) is 0 Å². The van der Waals surface area contributed by atoms with E-state index in [4.69, 9.17) is 5.11 Å². The van der Waals surface area contributed by atoms with E-state index in [0.717, 1.165) is 18.7 Å². The Balaban J connectivity index is 1.43. The lowest BCUT2D eigenvalue weighted by Gasteiger charge is -2.35. The van der Waals surface area contributed by atoms with Crippen LogP contribution >= 0.6 is 0 Å². The van der Waals surface area contributed by atoms with Crippen LogP contribution in [0.1, 0.15) is 42.5 Å². The number of amides is 1. The number of aliphatic hydroxyl groups excluding tert-OH is 1. The van der Waals surface area contributed by atoms with Crippen molar-refractivity contribution in [1.82, 2.24) is 30.3 Å². The lowest BCUT2D eigenvalue weighted by molar-refractivity contribution is -0.122. The standard InChI is InChI=1S/C15H20N6O3/c1-21-12(8-22)18-20-15(21)9-6-11(7-9)16-13(23)4-2-10-3-5-14(24)19-17-10/h3,5,9,11,22H,2,4,6-8H2,1H3,(H,16,23)(H,19,24). The second kappa shape index (κ2) is 6.91. The predicted molar refractivity (Wildman–Crippen MR) is 84.0 cm³/mol. The van der Waals surface area contributed by atoms with Gasteiger partial charge >= 0.3 is 0 Å². The molecule has 2 aromatic rings. The molecule has 24 heavy (non-hydrogen) atoms. The smallest absolute Gasteiger partial charge is 0.264 e. The van der Waals surface area contributed by atoms with Crippen LogP contribution in [0.4, 0.5) is 0 Å². The van der Waals surface area contributed by atoms with E-state index in [1.807, 2.05) is 11.6 Å². The van der Waals surface area contributed by atoms with Crippen LogP contribution in [0.5, 0.6) is 0 Å². The van der Waals surface area contributed by atoms with Crippen LogP contribution in [0, 0.1) is 0 Å². The number of nitrogens with one attached hydrogen (secondary N) is 2. The highest BCUT2D eigenvalue weighted by Gasteiger charge is 2.34. The Labute approximate surface area is 138 Å². The van der Waals surface area contributed by atoms with Crippen LogP contribution in [-0.2, 0) is 24.9 Å². The molecule has 0 unspecified atom stereocenters. The number of rotatable bonds is 6. The van der Waals surface area contributed by atoms with Crippen LogP contribution < -0.4 is 10.9 Å². The Hall–Kier alpha value is -2.55. The summed E-state index contributed by atoms with van der Waals surface area (Å²) in [5.74, 6) is 1.63. The Bertz CT molecular complexity index is 757. The van der Waals surface area contributed by atoms with Crippen molar-refractivity contribution in [2.24, 2.45) is 7.05 Å². The van der Waals surface area contributed by atoms with E-state index in [-0.39, 0.29) is 30.0 Å². The molecular weight excluding hydrogens is 312 g/mol. The molecule has 3 N–H and O–H groups in total. The monoisotopic (exact) mass is 332 g/mol. The second-order valence-electron chi connectivity index (χ2n) is 6.04. The summed E-state index contributed by atoms with van der Waals surface area (Å²) in [6.45, 7) is -0.130. The summed E-state index contributed by atoms with van der Waals surface area (Å²) < 4.78 is 1.81. The molecule has 0 bridgehead atoms. The van der Waals surface area contributed by atoms with Crippen LogP contribution in [0.15, 0.2) is 16.9 Å². The third-order valence-corrected chi connectivity index (χ3v) is 4.35. The summed E-state index contributed by atoms with van der Waals surface area (Å²) >= 11 is 0. The maximum absolute atomic E-state index is 12.0. The lowest BCUT2D eigenvalue weighted by Crippen LogP contribution is -2.44. The minimum atomic E-state index is -0.253. The molecule has 2 aromatic heterocycles. The van der Waals surface area contributed by atoms with Gasteiger partial charge in [0, 0.05) is 37.9 Å². The van der Waals surface area contributed by atoms with Gasteiger partial charge in [-0.3, -0.25) is 9.59 Å². The molecule has 1 aliphatic rings. The minimum Gasteiger partial charge on any atom is -0.388 e. The quantitative estimate of drug-likeness (QED) is 0.647. The Morgan fingerprint density at radius 1 is 1.42 bits per heavy atom. The van der Waals surface area contributed by atoms with Crippen molar-refractivity contribution < 1.29 is 9.90 Å². The van der Waals surface area contributed by atoms with E-state index in [9.17, 15) is 9.59 Å². The number of carbonyl (C=O) groups excluding carboxylic acids is 1. The number of H-pyrrole nitrogens is 1. The number of carbonyl (C=O) groups is 1. The lowest BCUT2D eigenvalue weighted by atomic mass is 9.79. The number of aromatic nitrogens is 5. The van der Waals surface area contributed by atoms with E-state index in [0.29, 0.717) is 24.4 Å². The molecule has 0 saturated heterocycles. The zero-order valence-electron chi connectivity index (χ0n) is 13.4. The Morgan fingerprint density at radius 3 is 2.83 bits per heavy atom. The van der Waals surface area contributed by atoms with Crippen LogP contribution in [0.2, 0.25) is 0 Å². The topological polar surface area (TPSA) is 126 Å². The first-order valence-electron chi connectivity index (χ1n) is 7.90. The number of nitrogens with zero attached hydrogens (tertiary/aromatic N) is 4. The molecular formula is C15H20N6O3. The van der Waals surface area contributed by atoms with E-state index in [1.54, 1.807) is 6.07 Å². The van der Waals surface area contributed by atoms with Crippen molar-refractivity contribution in [3.8, 4) is 0 Å². The van der Waals surface area contributed by atoms with E-state index < -0.39 is 0 Å². The SMILES string of the molecule is Cn1c(CO)nnc1C1CC(NC(=O)CCc2ccc(=O)[nH]n2)C1. The van der Waals surface area contributed by atoms with Gasteiger partial charge in [0.2, 0.25) is 5.91 Å². The molecule has 0 radical (unpaired) electrons. The average molecular weight is 332 g/mol. The van der Waals surface area contributed by atoms with Crippen molar-refractivity contribution in [3.63, 3.8) is 0 Å². The highest BCUT2D eigenvalue weighted by Crippen LogP contribution is 2.35. The number of aromatic amines is 1. The average Bonchev–Trinajstić information content (AvgIpc) is 2.90. The molecule has 1 amide bonds. The summed E-state index contributed by atoms with van der Waals surface area (Å²) in [5.41, 5.74) is 0.434. The molecule has 2 heterocycles. The summed E-state index contributed by atoms with van der Waals surface area (Å²) in [4.78, 5) is 22.9. The Morgan fingerprint density at radius 2 is 2.21 bits per heavy atom. The third-order valence-electron chi connectivity index (χ3n) is 4.35. The first-order chi connectivity index (χ1) is 11.6. The molecule has 0 aliphatic heterocycles. The van der Waals surface area contributed by atoms with Gasteiger partial charge in [-0.2, -0.15) is 5.10 Å². The summed E-state index contributed by atoms with van der Waals surface area (Å²) in [5, 5.41) is 26.4. The van der Waals surface area contributed by atoms with Gasteiger partial charge in [0.15, 0.2) is 5.82 Å². The van der Waals surface area contributed by atoms with Crippen molar-refractivity contribution >= 4 is 5.91 Å². The van der Waals surface area contributed by atoms with Gasteiger partial charge in [-0.15, -0.1) is 10.2 Å². The largest absolute Gasteiger partial charge is 0.388 e. The van der Waals surface area contributed by atoms with Gasteiger partial charge in [-0.1, -0.05) is 0 Å². The maximum atomic E-state index is 12.0. The van der Waals surface area contributed by atoms with Gasteiger partial charge in [0.05, 0.1) is 5.69 Å². The third kappa shape index (κ3) is 3.51.